The number of carbonyl (C=O) groups is 3. The Balaban J connectivity index is 2.56. The van der Waals surface area contributed by atoms with E-state index in [1.54, 1.807) is 23.5 Å². The Morgan fingerprint density at radius 3 is 2.40 bits per heavy atom. The molecule has 3 N–H and O–H groups in total. The molecule has 0 radical (unpaired) electrons. The molecular formula is C12H10Cl2N2O4. The number of amides is 3. The van der Waals surface area contributed by atoms with Gasteiger partial charge in [-0.05, 0) is 18.2 Å². The van der Waals surface area contributed by atoms with Gasteiger partial charge in [0.15, 0.2) is 6.61 Å². The summed E-state index contributed by atoms with van der Waals surface area (Å²) in [6, 6.07) is 3.86. The fourth-order valence-corrected chi connectivity index (χ4v) is 1.70. The Hall–Kier alpha value is -2.05. The largest absolute Gasteiger partial charge is 0.452 e. The number of benzene rings is 1. The molecule has 106 valence electrons. The van der Waals surface area contributed by atoms with Gasteiger partial charge >= 0.3 is 12.0 Å². The average Bonchev–Trinajstić information content (AvgIpc) is 2.35. The number of imide groups is 1. The van der Waals surface area contributed by atoms with Gasteiger partial charge in [-0.2, -0.15) is 0 Å². The highest BCUT2D eigenvalue weighted by Gasteiger charge is 2.07. The van der Waals surface area contributed by atoms with Crippen LogP contribution in [0.15, 0.2) is 24.3 Å². The molecule has 0 aliphatic rings. The summed E-state index contributed by atoms with van der Waals surface area (Å²) in [6.45, 7) is -0.623. The lowest BCUT2D eigenvalue weighted by Gasteiger charge is -2.02. The molecule has 0 aliphatic heterocycles. The number of nitrogens with two attached hydrogens (primary N) is 1. The van der Waals surface area contributed by atoms with Crippen LogP contribution in [0.4, 0.5) is 4.79 Å². The van der Waals surface area contributed by atoms with E-state index in [1.165, 1.54) is 6.08 Å². The number of halogens is 2. The van der Waals surface area contributed by atoms with Gasteiger partial charge < -0.3 is 10.5 Å². The molecule has 0 aromatic heterocycles. The Morgan fingerprint density at radius 2 is 1.85 bits per heavy atom. The second kappa shape index (κ2) is 7.52. The van der Waals surface area contributed by atoms with E-state index in [1.807, 2.05) is 0 Å². The smallest absolute Gasteiger partial charge is 0.331 e. The monoisotopic (exact) mass is 316 g/mol. The maximum absolute atomic E-state index is 11.3. The number of ether oxygens (including phenoxy) is 1. The van der Waals surface area contributed by atoms with Gasteiger partial charge in [0.25, 0.3) is 5.91 Å². The molecule has 0 heterocycles. The molecule has 0 bridgehead atoms. The molecule has 0 atom stereocenters. The van der Waals surface area contributed by atoms with Gasteiger partial charge in [-0.25, -0.2) is 9.59 Å². The number of hydrogen-bond acceptors (Lipinski definition) is 4. The van der Waals surface area contributed by atoms with Crippen molar-refractivity contribution in [2.75, 3.05) is 6.61 Å². The Kier molecular flexibility index (Phi) is 6.02. The summed E-state index contributed by atoms with van der Waals surface area (Å²) in [5.74, 6) is -1.62. The lowest BCUT2D eigenvalue weighted by Crippen LogP contribution is -2.37. The van der Waals surface area contributed by atoms with Crippen LogP contribution in [0.3, 0.4) is 0 Å². The van der Waals surface area contributed by atoms with Crippen LogP contribution >= 0.6 is 23.2 Å². The van der Waals surface area contributed by atoms with E-state index in [2.05, 4.69) is 4.74 Å². The maximum atomic E-state index is 11.3. The molecule has 0 aliphatic carbocycles. The normalized spacial score (nSPS) is 10.3. The maximum Gasteiger partial charge on any atom is 0.331 e. The Labute approximate surface area is 124 Å². The van der Waals surface area contributed by atoms with Gasteiger partial charge in [0, 0.05) is 21.7 Å². The third kappa shape index (κ3) is 5.29. The minimum Gasteiger partial charge on any atom is -0.452 e. The highest BCUT2D eigenvalue weighted by Crippen LogP contribution is 2.25. The zero-order valence-corrected chi connectivity index (χ0v) is 11.6. The number of nitrogens with one attached hydrogen (secondary N) is 1. The first-order valence-corrected chi connectivity index (χ1v) is 6.04. The fraction of sp³-hybridized carbons (Fsp3) is 0.0833. The van der Waals surface area contributed by atoms with E-state index in [-0.39, 0.29) is 0 Å². The number of primary amides is 1. The Morgan fingerprint density at radius 1 is 1.25 bits per heavy atom. The van der Waals surface area contributed by atoms with Crippen LogP contribution in [-0.2, 0) is 14.3 Å². The summed E-state index contributed by atoms with van der Waals surface area (Å²) >= 11 is 11.8. The first-order valence-electron chi connectivity index (χ1n) is 5.28. The highest BCUT2D eigenvalue weighted by atomic mass is 35.5. The van der Waals surface area contributed by atoms with Crippen molar-refractivity contribution in [2.45, 2.75) is 0 Å². The van der Waals surface area contributed by atoms with Crippen LogP contribution in [0.2, 0.25) is 10.0 Å². The third-order valence-electron chi connectivity index (χ3n) is 1.99. The zero-order valence-electron chi connectivity index (χ0n) is 10.1. The van der Waals surface area contributed by atoms with E-state index in [9.17, 15) is 14.4 Å². The van der Waals surface area contributed by atoms with Crippen molar-refractivity contribution in [3.05, 3.63) is 39.9 Å². The zero-order chi connectivity index (χ0) is 15.1. The molecule has 8 heteroatoms. The van der Waals surface area contributed by atoms with Crippen molar-refractivity contribution < 1.29 is 19.1 Å². The fourth-order valence-electron chi connectivity index (χ4n) is 1.18. The summed E-state index contributed by atoms with van der Waals surface area (Å²) < 4.78 is 4.57. The Bertz CT molecular complexity index is 552. The lowest BCUT2D eigenvalue weighted by molar-refractivity contribution is -0.143. The van der Waals surface area contributed by atoms with Crippen LogP contribution in [0.5, 0.6) is 0 Å². The van der Waals surface area contributed by atoms with Gasteiger partial charge in [-0.15, -0.1) is 0 Å². The number of rotatable bonds is 4. The van der Waals surface area contributed by atoms with Crippen LogP contribution in [-0.4, -0.2) is 24.5 Å². The highest BCUT2D eigenvalue weighted by molar-refractivity contribution is 6.37. The number of urea groups is 1. The molecule has 1 rings (SSSR count). The SMILES string of the molecule is NC(=O)NC(=O)COC(=O)/C=C/c1c(Cl)cccc1Cl. The molecule has 0 unspecified atom stereocenters. The summed E-state index contributed by atoms with van der Waals surface area (Å²) in [5.41, 5.74) is 5.17. The summed E-state index contributed by atoms with van der Waals surface area (Å²) in [7, 11) is 0. The minimum atomic E-state index is -1.02. The molecule has 6 nitrogen and oxygen atoms in total. The number of hydrogen-bond donors (Lipinski definition) is 2. The average molecular weight is 317 g/mol. The van der Waals surface area contributed by atoms with Crippen molar-refractivity contribution in [3.8, 4) is 0 Å². The van der Waals surface area contributed by atoms with Crippen LogP contribution in [0, 0.1) is 0 Å². The predicted molar refractivity (Wildman–Crippen MR) is 74.2 cm³/mol. The summed E-state index contributed by atoms with van der Waals surface area (Å²) in [6.07, 6.45) is 2.42. The molecule has 1 aromatic rings. The summed E-state index contributed by atoms with van der Waals surface area (Å²) in [5, 5.41) is 2.48. The molecule has 0 saturated carbocycles. The lowest BCUT2D eigenvalue weighted by atomic mass is 10.2. The number of esters is 1. The van der Waals surface area contributed by atoms with E-state index >= 15 is 0 Å². The van der Waals surface area contributed by atoms with Crippen molar-refractivity contribution in [2.24, 2.45) is 5.73 Å². The standard InChI is InChI=1S/C12H10Cl2N2O4/c13-8-2-1-3-9(14)7(8)4-5-11(18)20-6-10(17)16-12(15)19/h1-5H,6H2,(H3,15,16,17,19)/b5-4+. The number of carbonyl (C=O) groups excluding carboxylic acids is 3. The summed E-state index contributed by atoms with van der Waals surface area (Å²) in [4.78, 5) is 32.7. The second-order valence-corrected chi connectivity index (χ2v) is 4.30. The van der Waals surface area contributed by atoms with Crippen molar-refractivity contribution in [3.63, 3.8) is 0 Å². The van der Waals surface area contributed by atoms with E-state index in [0.29, 0.717) is 15.6 Å². The molecule has 1 aromatic carbocycles. The molecular weight excluding hydrogens is 307 g/mol. The molecule has 20 heavy (non-hydrogen) atoms. The topological polar surface area (TPSA) is 98.5 Å². The molecule has 3 amide bonds. The van der Waals surface area contributed by atoms with E-state index < -0.39 is 24.5 Å². The third-order valence-corrected chi connectivity index (χ3v) is 2.65. The van der Waals surface area contributed by atoms with Gasteiger partial charge in [0.1, 0.15) is 0 Å². The van der Waals surface area contributed by atoms with Gasteiger partial charge in [0.2, 0.25) is 0 Å². The van der Waals surface area contributed by atoms with Gasteiger partial charge in [-0.3, -0.25) is 10.1 Å². The van der Waals surface area contributed by atoms with Crippen molar-refractivity contribution >= 4 is 47.2 Å². The van der Waals surface area contributed by atoms with Gasteiger partial charge in [0.05, 0.1) is 0 Å². The van der Waals surface area contributed by atoms with Crippen molar-refractivity contribution in [1.82, 2.24) is 5.32 Å². The minimum absolute atomic E-state index is 0.369. The van der Waals surface area contributed by atoms with Gasteiger partial charge in [-0.1, -0.05) is 29.3 Å². The first-order chi connectivity index (χ1) is 9.40. The predicted octanol–water partition coefficient (Wildman–Crippen LogP) is 1.74. The second-order valence-electron chi connectivity index (χ2n) is 3.49. The first kappa shape index (κ1) is 16.0. The van der Waals surface area contributed by atoms with Crippen LogP contribution in [0.25, 0.3) is 6.08 Å². The van der Waals surface area contributed by atoms with Crippen molar-refractivity contribution in [1.29, 1.82) is 0 Å². The molecule has 0 spiro atoms. The van der Waals surface area contributed by atoms with E-state index in [4.69, 9.17) is 28.9 Å². The van der Waals surface area contributed by atoms with E-state index in [0.717, 1.165) is 6.08 Å². The molecule has 0 fully saturated rings. The van der Waals surface area contributed by atoms with Crippen LogP contribution in [0.1, 0.15) is 5.56 Å². The van der Waals surface area contributed by atoms with Crippen LogP contribution < -0.4 is 11.1 Å². The molecule has 0 saturated heterocycles. The quantitative estimate of drug-likeness (QED) is 0.653.